The standard InChI is InChI=1S/C22H39BN2O9S2.C20H33BCl2N2O3.C20H35BN2O5.C16H27BN2O3.C15H22Cl2N2O2.C2H5BrO/c1-17-8-9-20(25(10-12-32-35(6,28)29)11-13-33-36(7,30)31)15-18(17)14-19(24-23(5)27)16-21(26)34-22(2,3)4;1-15-6-7-18(25(10-8-22)11-9-23)13-16(15)12-17(24-21(5)27)14-19(26)28-20(2,3)4;1-15-6-7-18(23(8-10-24)9-11-25)13-16(15)12-17(22-21(5)27)14-19(26)28-20(2,3)4;1-11-6-7-13(18)8-12(11)9-14(19-17(5)21)10-15(20)22-16(2,3)4;1-11-2-3-14(19(6-4-16)7-5-17)9-12(11)8-13(18)10-15(20)21;3-1-2-4/h8-9,15,19,24,27H,10-14,16H2,1-7H3;6-7,13,17,24,27H,8-12,14H2,1-5H3;6-7,13,17,22,24-25,27H,8-12,14H2,1-5H3;6-8,14,19,21H,9-10,18H2,1-5H3;2-3,9,13H,4-8,10,18H2,1H3,(H,20,21);4H,1-2H2/t19-;2*17-;14-;13-;/m00000./s1/i10D2,11D2,12D2,13D2;2*8D2,9D2,10D2,11D2;;4D2,5D2,6D2,7D2;1D2,2D2. The Bertz CT molecular complexity index is 6130. The van der Waals surface area contributed by atoms with E-state index in [1.54, 1.807) is 96.8 Å². The van der Waals surface area contributed by atoms with E-state index in [2.05, 4.69) is 45.2 Å². The molecule has 0 heterocycles. The average Bonchev–Trinajstić information content (AvgIpc) is 0.724. The fraction of sp³-hybridized carbons (Fsp3) is 0.632. The molecular formula is C95H161B4BrCl4N10O23S2. The van der Waals surface area contributed by atoms with E-state index < -0.39 is 238 Å². The second-order valence-electron chi connectivity index (χ2n) is 35.2. The van der Waals surface area contributed by atoms with Gasteiger partial charge in [-0.15, -0.1) is 46.4 Å². The normalized spacial score (nSPS) is 18.3. The van der Waals surface area contributed by atoms with Gasteiger partial charge in [0.1, 0.15) is 22.4 Å². The van der Waals surface area contributed by atoms with Gasteiger partial charge in [-0.3, -0.25) is 32.3 Å². The van der Waals surface area contributed by atoms with Gasteiger partial charge in [0, 0.05) is 153 Å². The second kappa shape index (κ2) is 68.1. The number of aryl methyl sites for hydroxylation is 5. The first kappa shape index (κ1) is 81.8. The maximum absolute atomic E-state index is 12.6. The molecule has 0 saturated carbocycles. The van der Waals surface area contributed by atoms with Crippen LogP contribution < -0.4 is 52.0 Å². The number of carbonyl (C=O) groups is 5. The van der Waals surface area contributed by atoms with Crippen molar-refractivity contribution in [1.82, 2.24) is 20.9 Å². The largest absolute Gasteiger partial charge is 0.481 e. The molecule has 0 aliphatic carbocycles. The lowest BCUT2D eigenvalue weighted by Gasteiger charge is -2.27. The van der Waals surface area contributed by atoms with Crippen LogP contribution in [0, 0.1) is 34.6 Å². The molecule has 5 atom stereocenters. The average molecular weight is 2180 g/mol. The van der Waals surface area contributed by atoms with Crippen molar-refractivity contribution in [2.75, 3.05) is 151 Å². The summed E-state index contributed by atoms with van der Waals surface area (Å²) in [6, 6.07) is 18.2. The third kappa shape index (κ3) is 65.6. The van der Waals surface area contributed by atoms with Gasteiger partial charge in [-0.05, 0) is 293 Å². The maximum Gasteiger partial charge on any atom is 0.373 e. The van der Waals surface area contributed by atoms with Gasteiger partial charge < -0.3 is 111 Å². The van der Waals surface area contributed by atoms with Gasteiger partial charge in [0.15, 0.2) is 0 Å². The number of hydrogen-bond acceptors (Lipinski definition) is 32. The minimum absolute atomic E-state index is 0.00785. The van der Waals surface area contributed by atoms with Gasteiger partial charge >= 0.3 is 58.0 Å². The molecule has 0 aliphatic rings. The summed E-state index contributed by atoms with van der Waals surface area (Å²) in [4.78, 5) is 60.6. The highest BCUT2D eigenvalue weighted by Gasteiger charge is 2.30. The summed E-state index contributed by atoms with van der Waals surface area (Å²) in [7, 11) is -13.2. The van der Waals surface area contributed by atoms with Gasteiger partial charge in [-0.1, -0.05) is 46.3 Å². The lowest BCUT2D eigenvalue weighted by atomic mass is 9.85. The van der Waals surface area contributed by atoms with Gasteiger partial charge in [0.25, 0.3) is 20.2 Å². The molecule has 0 saturated heterocycles. The molecule has 0 spiro atoms. The fourth-order valence-corrected chi connectivity index (χ4v) is 13.0. The van der Waals surface area contributed by atoms with Crippen LogP contribution in [0.1, 0.15) is 220 Å². The van der Waals surface area contributed by atoms with Crippen molar-refractivity contribution in [3.8, 4) is 0 Å². The molecule has 0 fully saturated rings. The van der Waals surface area contributed by atoms with Crippen LogP contribution in [0.5, 0.6) is 0 Å². The van der Waals surface area contributed by atoms with E-state index >= 15 is 0 Å². The Morgan fingerprint density at radius 1 is 0.403 bits per heavy atom. The molecule has 0 amide bonds. The van der Waals surface area contributed by atoms with Crippen molar-refractivity contribution >= 4 is 169 Å². The zero-order valence-electron chi connectivity index (χ0n) is 118. The Balaban J connectivity index is 0.00000215. The predicted octanol–water partition coefficient (Wildman–Crippen LogP) is 10.8. The summed E-state index contributed by atoms with van der Waals surface area (Å²) in [5.74, 6) is -15.6. The topological polar surface area (TPSA) is 484 Å². The number of carbonyl (C=O) groups excluding carboxylic acids is 4. The van der Waals surface area contributed by atoms with Crippen molar-refractivity contribution in [2.24, 2.45) is 5.73 Å². The number of carboxylic acid groups (broad SMARTS) is 1. The van der Waals surface area contributed by atoms with Crippen molar-refractivity contribution in [3.63, 3.8) is 0 Å². The molecule has 0 unspecified atom stereocenters. The van der Waals surface area contributed by atoms with E-state index in [1.165, 1.54) is 81.1 Å². The molecule has 16 N–H and O–H groups in total. The van der Waals surface area contributed by atoms with E-state index in [1.807, 2.05) is 45.9 Å². The zero-order chi connectivity index (χ0) is 139. The van der Waals surface area contributed by atoms with E-state index in [9.17, 15) is 71.1 Å². The molecule has 44 heteroatoms. The summed E-state index contributed by atoms with van der Waals surface area (Å²) in [5, 5.41) is 85.1. The number of aliphatic carboxylic acids is 1. The Kier molecular flexibility index (Phi) is 40.1. The third-order valence-electron chi connectivity index (χ3n) is 17.4. The number of carboxylic acids is 1. The number of halogens is 5. The molecule has 788 valence electrons. The first-order chi connectivity index (χ1) is 77.2. The zero-order valence-corrected chi connectivity index (χ0v) is 88.5. The molecule has 139 heavy (non-hydrogen) atoms. The summed E-state index contributed by atoms with van der Waals surface area (Å²) < 4.78 is 358. The van der Waals surface area contributed by atoms with Crippen LogP contribution in [0.4, 0.5) is 28.4 Å². The first-order valence-electron chi connectivity index (χ1n) is 60.7. The minimum atomic E-state index is -4.72. The molecule has 0 aliphatic heterocycles. The number of esters is 4. The van der Waals surface area contributed by atoms with Crippen molar-refractivity contribution in [2.45, 2.75) is 262 Å². The summed E-state index contributed by atoms with van der Waals surface area (Å²) in [6.45, 7) is -10.3. The number of nitrogens with one attached hydrogen (secondary N) is 4. The van der Waals surface area contributed by atoms with E-state index in [-0.39, 0.29) is 112 Å². The minimum Gasteiger partial charge on any atom is -0.481 e. The molecular weight excluding hydrogens is 1980 g/mol. The number of ether oxygens (including phenoxy) is 4. The monoisotopic (exact) mass is 2170 g/mol. The summed E-state index contributed by atoms with van der Waals surface area (Å²) in [6.07, 6.45) is 0.907. The molecule has 5 aromatic rings. The molecule has 0 radical (unpaired) electrons. The molecule has 5 aromatic carbocycles. The Morgan fingerprint density at radius 3 is 0.835 bits per heavy atom. The van der Waals surface area contributed by atoms with Gasteiger partial charge in [0.2, 0.25) is 0 Å². The number of rotatable bonds is 53. The van der Waals surface area contributed by atoms with Crippen LogP contribution in [0.2, 0.25) is 27.3 Å². The van der Waals surface area contributed by atoms with Crippen molar-refractivity contribution in [3.05, 3.63) is 147 Å². The Hall–Kier alpha value is -6.31. The number of aliphatic hydroxyl groups is 3. The quantitative estimate of drug-likeness (QED) is 0.00429. The van der Waals surface area contributed by atoms with E-state index in [0.29, 0.717) is 63.6 Å². The molecule has 5 rings (SSSR count). The highest BCUT2D eigenvalue weighted by atomic mass is 79.9. The van der Waals surface area contributed by atoms with Crippen LogP contribution in [0.3, 0.4) is 0 Å². The second-order valence-corrected chi connectivity index (χ2v) is 39.5. The van der Waals surface area contributed by atoms with E-state index in [0.717, 1.165) is 23.3 Å². The molecule has 0 aromatic heterocycles. The predicted molar refractivity (Wildman–Crippen MR) is 572 cm³/mol. The lowest BCUT2D eigenvalue weighted by molar-refractivity contribution is -0.156. The van der Waals surface area contributed by atoms with Gasteiger partial charge in [-0.25, -0.2) is 0 Å². The highest BCUT2D eigenvalue weighted by molar-refractivity contribution is 9.09. The van der Waals surface area contributed by atoms with Crippen LogP contribution in [-0.4, -0.2) is 294 Å². The maximum atomic E-state index is 12.6. The number of alkyl halides is 5. The van der Waals surface area contributed by atoms with Crippen LogP contribution in [0.15, 0.2) is 91.0 Å². The summed E-state index contributed by atoms with van der Waals surface area (Å²) in [5.41, 5.74) is 14.3. The molecule has 0 bridgehead atoms. The third-order valence-corrected chi connectivity index (χ3v) is 18.7. The van der Waals surface area contributed by atoms with Crippen molar-refractivity contribution in [1.29, 1.82) is 0 Å². The van der Waals surface area contributed by atoms with Crippen molar-refractivity contribution < 1.29 is 158 Å². The Labute approximate surface area is 909 Å². The number of hydrogen-bond donors (Lipinski definition) is 14. The number of nitrogen functional groups attached to an aromatic ring is 1. The van der Waals surface area contributed by atoms with Gasteiger partial charge in [0.05, 0.1) is 113 Å². The number of benzene rings is 5. The number of anilines is 5. The number of nitrogens with zero attached hydrogens (tertiary/aromatic N) is 4. The van der Waals surface area contributed by atoms with Crippen LogP contribution in [0.25, 0.3) is 0 Å². The smallest absolute Gasteiger partial charge is 0.373 e. The van der Waals surface area contributed by atoms with Crippen LogP contribution >= 0.6 is 62.3 Å². The van der Waals surface area contributed by atoms with Crippen LogP contribution in [-0.2, 0) is 104 Å². The lowest BCUT2D eigenvalue weighted by Crippen LogP contribution is -2.43. The SMILES string of the molecule is CB(O)N[C@H](CC(=O)OC(C)(C)C)Cc1cc(N)ccc1C.[2H]C([2H])(Cl)C([2H])([2H])N(c1ccc(C)c(C[C@@H](CC(=O)OC(C)(C)C)NB(C)O)c1)C([2H])([2H])C([2H])([2H])Cl.[2H]C([2H])(Cl)C([2H])([2H])N(c1ccc(C)c(C[C@H](N)CC(=O)O)c1)C([2H])([2H])C([2H])([2H])Cl.[2H]C([2H])(O)C([2H])([2H])Br.[2H]C([2H])(O)C([2H])([2H])N(c1ccc(C)c(C[C@@H](CC(=O)OC(C)(C)C)NB(C)O)c1)C([2H])([2H])C([2H])([2H])O.[2H]C([2H])(OS(C)(=O)=O)C([2H])([2H])N(c1ccc(C)c(C[C@@H](CC(=O)OC(C)(C)C)NB(C)O)c1)C([2H])([2H])C([2H])([2H])OS(C)(=O)=O. The van der Waals surface area contributed by atoms with Gasteiger partial charge in [-0.2, -0.15) is 16.8 Å². The fourth-order valence-electron chi connectivity index (χ4n) is 12.3. The van der Waals surface area contributed by atoms with E-state index in [4.69, 9.17) is 136 Å². The molecule has 33 nitrogen and oxygen atoms in total. The summed E-state index contributed by atoms with van der Waals surface area (Å²) >= 11 is 24.7. The highest BCUT2D eigenvalue weighted by Crippen LogP contribution is 2.29. The Morgan fingerprint density at radius 2 is 0.626 bits per heavy atom. The first-order valence-corrected chi connectivity index (χ1v) is 48.7. The number of nitrogens with two attached hydrogens (primary N) is 2.